The van der Waals surface area contributed by atoms with Gasteiger partial charge in [0.2, 0.25) is 0 Å². The van der Waals surface area contributed by atoms with Crippen molar-refractivity contribution < 1.29 is 0 Å². The summed E-state index contributed by atoms with van der Waals surface area (Å²) in [4.78, 5) is 0. The van der Waals surface area contributed by atoms with Gasteiger partial charge in [-0.15, -0.1) is 0 Å². The number of aryl methyl sites for hydroxylation is 2. The second kappa shape index (κ2) is 7.49. The Balaban J connectivity index is 1.85. The maximum atomic E-state index is 4.24. The molecule has 0 saturated carbocycles. The number of nitrogens with zero attached hydrogens (tertiary/aromatic N) is 2. The lowest BCUT2D eigenvalue weighted by Gasteiger charge is -2.21. The summed E-state index contributed by atoms with van der Waals surface area (Å²) in [5.74, 6) is 0. The molecule has 1 aromatic heterocycles. The van der Waals surface area contributed by atoms with E-state index >= 15 is 0 Å². The Labute approximate surface area is 117 Å². The van der Waals surface area contributed by atoms with E-state index in [9.17, 15) is 0 Å². The third kappa shape index (κ3) is 4.50. The van der Waals surface area contributed by atoms with E-state index < -0.39 is 0 Å². The smallest absolute Gasteiger partial charge is 0.0492 e. The average Bonchev–Trinajstić information content (AvgIpc) is 2.83. The first-order valence-corrected chi connectivity index (χ1v) is 7.67. The monoisotopic (exact) mass is 261 g/mol. The number of hydrogen-bond acceptors (Lipinski definition) is 2. The number of rotatable bonds is 7. The van der Waals surface area contributed by atoms with Gasteiger partial charge in [-0.3, -0.25) is 4.68 Å². The van der Waals surface area contributed by atoms with Crippen LogP contribution in [0.1, 0.15) is 51.1 Å². The molecule has 1 atom stereocenters. The first kappa shape index (κ1) is 14.3. The summed E-state index contributed by atoms with van der Waals surface area (Å²) >= 11 is 0. The van der Waals surface area contributed by atoms with Gasteiger partial charge in [-0.2, -0.15) is 5.10 Å². The SMILES string of the molecule is CCNC(CCc1ccnn1C)CC1=CCCCC1. The second-order valence-corrected chi connectivity index (χ2v) is 5.55. The quantitative estimate of drug-likeness (QED) is 0.764. The summed E-state index contributed by atoms with van der Waals surface area (Å²) in [5, 5.41) is 7.88. The van der Waals surface area contributed by atoms with Gasteiger partial charge in [0.15, 0.2) is 0 Å². The lowest BCUT2D eigenvalue weighted by molar-refractivity contribution is 0.471. The standard InChI is InChI=1S/C16H27N3/c1-3-17-15(13-14-7-5-4-6-8-14)9-10-16-11-12-18-19(16)2/h7,11-12,15,17H,3-6,8-10,13H2,1-2H3. The van der Waals surface area contributed by atoms with Crippen molar-refractivity contribution in [2.75, 3.05) is 6.54 Å². The molecule has 0 radical (unpaired) electrons. The summed E-state index contributed by atoms with van der Waals surface area (Å²) in [7, 11) is 2.03. The molecule has 1 heterocycles. The topological polar surface area (TPSA) is 29.9 Å². The van der Waals surface area contributed by atoms with Crippen molar-refractivity contribution in [1.82, 2.24) is 15.1 Å². The van der Waals surface area contributed by atoms with Crippen LogP contribution in [0.25, 0.3) is 0 Å². The van der Waals surface area contributed by atoms with Crippen molar-refractivity contribution in [3.63, 3.8) is 0 Å². The van der Waals surface area contributed by atoms with E-state index in [2.05, 4.69) is 29.5 Å². The Bertz CT molecular complexity index is 406. The Hall–Kier alpha value is -1.09. The fourth-order valence-corrected chi connectivity index (χ4v) is 2.94. The highest BCUT2D eigenvalue weighted by atomic mass is 15.2. The van der Waals surface area contributed by atoms with Crippen molar-refractivity contribution in [2.45, 2.75) is 57.9 Å². The van der Waals surface area contributed by atoms with Crippen LogP contribution in [0.15, 0.2) is 23.9 Å². The van der Waals surface area contributed by atoms with Gasteiger partial charge in [0.25, 0.3) is 0 Å². The highest BCUT2D eigenvalue weighted by Crippen LogP contribution is 2.22. The largest absolute Gasteiger partial charge is 0.314 e. The minimum Gasteiger partial charge on any atom is -0.314 e. The summed E-state index contributed by atoms with van der Waals surface area (Å²) in [5.41, 5.74) is 3.00. The van der Waals surface area contributed by atoms with Crippen molar-refractivity contribution in [3.8, 4) is 0 Å². The molecule has 1 unspecified atom stereocenters. The number of nitrogens with one attached hydrogen (secondary N) is 1. The summed E-state index contributed by atoms with van der Waals surface area (Å²) in [6.07, 6.45) is 13.3. The molecule has 0 aromatic carbocycles. The molecule has 3 heteroatoms. The molecule has 0 spiro atoms. The third-order valence-electron chi connectivity index (χ3n) is 4.06. The molecule has 0 saturated heterocycles. The van der Waals surface area contributed by atoms with E-state index in [1.807, 2.05) is 17.9 Å². The van der Waals surface area contributed by atoms with E-state index in [0.717, 1.165) is 13.0 Å². The van der Waals surface area contributed by atoms with Gasteiger partial charge in [-0.1, -0.05) is 18.6 Å². The number of allylic oxidation sites excluding steroid dienone is 1. The van der Waals surface area contributed by atoms with Crippen LogP contribution < -0.4 is 5.32 Å². The normalized spacial score (nSPS) is 17.3. The van der Waals surface area contributed by atoms with Crippen LogP contribution in [-0.4, -0.2) is 22.4 Å². The van der Waals surface area contributed by atoms with E-state index in [-0.39, 0.29) is 0 Å². The van der Waals surface area contributed by atoms with Crippen LogP contribution >= 0.6 is 0 Å². The van der Waals surface area contributed by atoms with Crippen LogP contribution in [0.5, 0.6) is 0 Å². The van der Waals surface area contributed by atoms with Crippen molar-refractivity contribution in [3.05, 3.63) is 29.6 Å². The summed E-state index contributed by atoms with van der Waals surface area (Å²) in [6.45, 7) is 3.26. The molecule has 0 fully saturated rings. The Morgan fingerprint density at radius 2 is 2.32 bits per heavy atom. The lowest BCUT2D eigenvalue weighted by atomic mass is 9.92. The van der Waals surface area contributed by atoms with Crippen molar-refractivity contribution in [2.24, 2.45) is 7.05 Å². The van der Waals surface area contributed by atoms with E-state index in [4.69, 9.17) is 0 Å². The van der Waals surface area contributed by atoms with Gasteiger partial charge < -0.3 is 5.32 Å². The average molecular weight is 261 g/mol. The highest BCUT2D eigenvalue weighted by molar-refractivity contribution is 5.08. The molecular formula is C16H27N3. The van der Waals surface area contributed by atoms with Gasteiger partial charge in [0.1, 0.15) is 0 Å². The molecule has 3 nitrogen and oxygen atoms in total. The van der Waals surface area contributed by atoms with E-state index in [1.54, 1.807) is 5.57 Å². The van der Waals surface area contributed by atoms with Crippen LogP contribution in [-0.2, 0) is 13.5 Å². The fourth-order valence-electron chi connectivity index (χ4n) is 2.94. The molecule has 1 aromatic rings. The molecule has 19 heavy (non-hydrogen) atoms. The lowest BCUT2D eigenvalue weighted by Crippen LogP contribution is -2.30. The number of aromatic nitrogens is 2. The highest BCUT2D eigenvalue weighted by Gasteiger charge is 2.13. The second-order valence-electron chi connectivity index (χ2n) is 5.55. The fraction of sp³-hybridized carbons (Fsp3) is 0.688. The Kier molecular flexibility index (Phi) is 5.64. The molecule has 1 aliphatic carbocycles. The van der Waals surface area contributed by atoms with Crippen molar-refractivity contribution in [1.29, 1.82) is 0 Å². The molecular weight excluding hydrogens is 234 g/mol. The Morgan fingerprint density at radius 1 is 1.42 bits per heavy atom. The first-order chi connectivity index (χ1) is 9.29. The summed E-state index contributed by atoms with van der Waals surface area (Å²) in [6, 6.07) is 2.74. The zero-order valence-electron chi connectivity index (χ0n) is 12.4. The molecule has 0 amide bonds. The number of hydrogen-bond donors (Lipinski definition) is 1. The van der Waals surface area contributed by atoms with Crippen molar-refractivity contribution >= 4 is 0 Å². The molecule has 1 aliphatic rings. The van der Waals surface area contributed by atoms with Crippen LogP contribution in [0, 0.1) is 0 Å². The Morgan fingerprint density at radius 3 is 2.95 bits per heavy atom. The predicted molar refractivity (Wildman–Crippen MR) is 80.2 cm³/mol. The molecule has 0 bridgehead atoms. The van der Waals surface area contributed by atoms with Gasteiger partial charge in [0.05, 0.1) is 0 Å². The minimum absolute atomic E-state index is 0.615. The van der Waals surface area contributed by atoms with Gasteiger partial charge in [0, 0.05) is 25.0 Å². The maximum absolute atomic E-state index is 4.24. The zero-order valence-corrected chi connectivity index (χ0v) is 12.4. The van der Waals surface area contributed by atoms with Gasteiger partial charge >= 0.3 is 0 Å². The van der Waals surface area contributed by atoms with E-state index in [1.165, 1.54) is 44.2 Å². The molecule has 1 N–H and O–H groups in total. The molecule has 0 aliphatic heterocycles. The van der Waals surface area contributed by atoms with Gasteiger partial charge in [-0.05, 0) is 57.6 Å². The van der Waals surface area contributed by atoms with E-state index in [0.29, 0.717) is 6.04 Å². The zero-order chi connectivity index (χ0) is 13.5. The maximum Gasteiger partial charge on any atom is 0.0492 e. The van der Waals surface area contributed by atoms with Crippen LogP contribution in [0.3, 0.4) is 0 Å². The van der Waals surface area contributed by atoms with Crippen LogP contribution in [0.2, 0.25) is 0 Å². The van der Waals surface area contributed by atoms with Gasteiger partial charge in [-0.25, -0.2) is 0 Å². The summed E-state index contributed by atoms with van der Waals surface area (Å²) < 4.78 is 1.99. The third-order valence-corrected chi connectivity index (χ3v) is 4.06. The minimum atomic E-state index is 0.615. The van der Waals surface area contributed by atoms with Crippen LogP contribution in [0.4, 0.5) is 0 Å². The molecule has 106 valence electrons. The molecule has 2 rings (SSSR count). The predicted octanol–water partition coefficient (Wildman–Crippen LogP) is 3.22. The first-order valence-electron chi connectivity index (χ1n) is 7.67.